The van der Waals surface area contributed by atoms with Crippen molar-refractivity contribution in [3.63, 3.8) is 0 Å². The van der Waals surface area contributed by atoms with Crippen molar-refractivity contribution in [2.75, 3.05) is 26.2 Å². The number of carboxylic acid groups (broad SMARTS) is 1. The summed E-state index contributed by atoms with van der Waals surface area (Å²) in [4.78, 5) is 12.7. The van der Waals surface area contributed by atoms with Crippen molar-refractivity contribution in [1.82, 2.24) is 4.90 Å². The summed E-state index contributed by atoms with van der Waals surface area (Å²) < 4.78 is 5.07. The number of hydrogen-bond donors (Lipinski definition) is 1. The largest absolute Gasteiger partial charge is 0.479 e. The zero-order valence-corrected chi connectivity index (χ0v) is 7.98. The van der Waals surface area contributed by atoms with Crippen LogP contribution in [0.25, 0.3) is 0 Å². The van der Waals surface area contributed by atoms with Crippen LogP contribution in [0.5, 0.6) is 0 Å². The highest BCUT2D eigenvalue weighted by atomic mass is 16.5. The minimum Gasteiger partial charge on any atom is -0.479 e. The van der Waals surface area contributed by atoms with Crippen LogP contribution in [0.2, 0.25) is 0 Å². The molecule has 1 saturated heterocycles. The molecule has 0 aromatic heterocycles. The van der Waals surface area contributed by atoms with E-state index in [1.54, 1.807) is 0 Å². The number of morpholine rings is 1. The van der Waals surface area contributed by atoms with E-state index in [0.29, 0.717) is 19.6 Å². The molecule has 1 atom stereocenters. The number of nitriles is 1. The summed E-state index contributed by atoms with van der Waals surface area (Å²) in [5.74, 6) is -0.907. The number of rotatable bonds is 4. The van der Waals surface area contributed by atoms with E-state index in [4.69, 9.17) is 15.1 Å². The lowest BCUT2D eigenvalue weighted by Crippen LogP contribution is -2.46. The highest BCUT2D eigenvalue weighted by molar-refractivity contribution is 5.72. The first-order valence-electron chi connectivity index (χ1n) is 4.67. The maximum Gasteiger partial charge on any atom is 0.334 e. The highest BCUT2D eigenvalue weighted by Gasteiger charge is 2.25. The minimum absolute atomic E-state index is 0.431. The molecular formula is C9H14N2O3. The first-order chi connectivity index (χ1) is 6.74. The molecule has 0 aromatic rings. The molecule has 78 valence electrons. The van der Waals surface area contributed by atoms with Crippen molar-refractivity contribution in [2.45, 2.75) is 18.9 Å². The summed E-state index contributed by atoms with van der Waals surface area (Å²) in [6, 6.07) is 2.07. The summed E-state index contributed by atoms with van der Waals surface area (Å²) in [5.41, 5.74) is 0. The molecule has 1 unspecified atom stereocenters. The fourth-order valence-electron chi connectivity index (χ4n) is 1.44. The lowest BCUT2D eigenvalue weighted by molar-refractivity contribution is -0.156. The molecule has 0 bridgehead atoms. The quantitative estimate of drug-likeness (QED) is 0.647. The third-order valence-electron chi connectivity index (χ3n) is 2.19. The van der Waals surface area contributed by atoms with E-state index < -0.39 is 12.1 Å². The summed E-state index contributed by atoms with van der Waals surface area (Å²) in [6.07, 6.45) is 0.614. The van der Waals surface area contributed by atoms with E-state index in [9.17, 15) is 4.79 Å². The van der Waals surface area contributed by atoms with Gasteiger partial charge in [-0.25, -0.2) is 4.79 Å². The van der Waals surface area contributed by atoms with Crippen LogP contribution in [-0.2, 0) is 9.53 Å². The van der Waals surface area contributed by atoms with Crippen molar-refractivity contribution >= 4 is 5.97 Å². The monoisotopic (exact) mass is 198 g/mol. The normalized spacial score (nSPS) is 22.9. The maximum absolute atomic E-state index is 10.6. The second-order valence-corrected chi connectivity index (χ2v) is 3.26. The summed E-state index contributed by atoms with van der Waals surface area (Å²) >= 11 is 0. The Balaban J connectivity index is 2.26. The third-order valence-corrected chi connectivity index (χ3v) is 2.19. The van der Waals surface area contributed by atoms with Gasteiger partial charge in [-0.2, -0.15) is 5.26 Å². The van der Waals surface area contributed by atoms with E-state index in [1.807, 2.05) is 4.90 Å². The van der Waals surface area contributed by atoms with Gasteiger partial charge in [0.2, 0.25) is 0 Å². The average molecular weight is 198 g/mol. The van der Waals surface area contributed by atoms with Crippen LogP contribution >= 0.6 is 0 Å². The predicted octanol–water partition coefficient (Wildman–Crippen LogP) is 0.0756. The van der Waals surface area contributed by atoms with E-state index in [1.165, 1.54) is 0 Å². The van der Waals surface area contributed by atoms with Crippen LogP contribution in [0.3, 0.4) is 0 Å². The number of aliphatic carboxylic acids is 1. The van der Waals surface area contributed by atoms with Gasteiger partial charge in [-0.15, -0.1) is 0 Å². The standard InChI is InChI=1S/C9H14N2O3/c10-3-1-2-4-11-5-6-14-8(7-11)9(12)13/h8H,1-2,4-7H2,(H,12,13). The van der Waals surface area contributed by atoms with Gasteiger partial charge in [-0.1, -0.05) is 0 Å². The van der Waals surface area contributed by atoms with Crippen molar-refractivity contribution in [3.05, 3.63) is 0 Å². The second-order valence-electron chi connectivity index (χ2n) is 3.26. The molecular weight excluding hydrogens is 184 g/mol. The minimum atomic E-state index is -0.907. The summed E-state index contributed by atoms with van der Waals surface area (Å²) in [7, 11) is 0. The molecule has 1 fully saturated rings. The van der Waals surface area contributed by atoms with Crippen LogP contribution in [0, 0.1) is 11.3 Å². The zero-order chi connectivity index (χ0) is 10.4. The number of carbonyl (C=O) groups is 1. The second kappa shape index (κ2) is 5.58. The third kappa shape index (κ3) is 3.32. The molecule has 0 radical (unpaired) electrons. The van der Waals surface area contributed by atoms with Gasteiger partial charge in [0.1, 0.15) is 0 Å². The highest BCUT2D eigenvalue weighted by Crippen LogP contribution is 2.06. The molecule has 0 aliphatic carbocycles. The fourth-order valence-corrected chi connectivity index (χ4v) is 1.44. The van der Waals surface area contributed by atoms with Crippen molar-refractivity contribution < 1.29 is 14.6 Å². The molecule has 0 saturated carbocycles. The average Bonchev–Trinajstić information content (AvgIpc) is 2.19. The lowest BCUT2D eigenvalue weighted by atomic mass is 10.2. The van der Waals surface area contributed by atoms with Crippen LogP contribution in [0.4, 0.5) is 0 Å². The smallest absolute Gasteiger partial charge is 0.334 e. The molecule has 1 aliphatic heterocycles. The Bertz CT molecular complexity index is 237. The zero-order valence-electron chi connectivity index (χ0n) is 7.98. The molecule has 0 spiro atoms. The topological polar surface area (TPSA) is 73.6 Å². The summed E-state index contributed by atoms with van der Waals surface area (Å²) in [6.45, 7) is 2.43. The maximum atomic E-state index is 10.6. The van der Waals surface area contributed by atoms with E-state index in [2.05, 4.69) is 6.07 Å². The van der Waals surface area contributed by atoms with Gasteiger partial charge in [0, 0.05) is 19.5 Å². The Kier molecular flexibility index (Phi) is 4.36. The number of ether oxygens (including phenoxy) is 1. The van der Waals surface area contributed by atoms with Crippen molar-refractivity contribution in [1.29, 1.82) is 5.26 Å². The van der Waals surface area contributed by atoms with Crippen LogP contribution < -0.4 is 0 Å². The van der Waals surface area contributed by atoms with Crippen LogP contribution in [0.15, 0.2) is 0 Å². The molecule has 14 heavy (non-hydrogen) atoms. The van der Waals surface area contributed by atoms with Gasteiger partial charge in [0.15, 0.2) is 6.10 Å². The first-order valence-corrected chi connectivity index (χ1v) is 4.67. The van der Waals surface area contributed by atoms with E-state index >= 15 is 0 Å². The van der Waals surface area contributed by atoms with Gasteiger partial charge in [-0.05, 0) is 13.0 Å². The number of hydrogen-bond acceptors (Lipinski definition) is 4. The lowest BCUT2D eigenvalue weighted by Gasteiger charge is -2.30. The predicted molar refractivity (Wildman–Crippen MR) is 48.7 cm³/mol. The van der Waals surface area contributed by atoms with E-state index in [-0.39, 0.29) is 0 Å². The van der Waals surface area contributed by atoms with Crippen LogP contribution in [0.1, 0.15) is 12.8 Å². The first kappa shape index (κ1) is 11.0. The molecule has 1 aliphatic rings. The molecule has 0 amide bonds. The van der Waals surface area contributed by atoms with Crippen molar-refractivity contribution in [2.24, 2.45) is 0 Å². The Morgan fingerprint density at radius 2 is 2.50 bits per heavy atom. The number of nitrogens with zero attached hydrogens (tertiary/aromatic N) is 2. The van der Waals surface area contributed by atoms with Gasteiger partial charge in [0.25, 0.3) is 0 Å². The fraction of sp³-hybridized carbons (Fsp3) is 0.778. The Hall–Kier alpha value is -1.12. The van der Waals surface area contributed by atoms with Gasteiger partial charge < -0.3 is 9.84 Å². The van der Waals surface area contributed by atoms with Gasteiger partial charge >= 0.3 is 5.97 Å². The Morgan fingerprint density at radius 3 is 3.14 bits per heavy atom. The van der Waals surface area contributed by atoms with Crippen LogP contribution in [-0.4, -0.2) is 48.3 Å². The molecule has 1 heterocycles. The molecule has 5 nitrogen and oxygen atoms in total. The number of carboxylic acids is 1. The molecule has 1 rings (SSSR count). The number of unbranched alkanes of at least 4 members (excludes halogenated alkanes) is 1. The Labute approximate surface area is 82.9 Å². The Morgan fingerprint density at radius 1 is 1.71 bits per heavy atom. The van der Waals surface area contributed by atoms with Crippen molar-refractivity contribution in [3.8, 4) is 6.07 Å². The molecule has 0 aromatic carbocycles. The van der Waals surface area contributed by atoms with Gasteiger partial charge in [0.05, 0.1) is 12.7 Å². The summed E-state index contributed by atoms with van der Waals surface area (Å²) in [5, 5.41) is 17.1. The van der Waals surface area contributed by atoms with E-state index in [0.717, 1.165) is 19.5 Å². The molecule has 1 N–H and O–H groups in total. The SMILES string of the molecule is N#CCCCN1CCOC(C(=O)O)C1. The van der Waals surface area contributed by atoms with Gasteiger partial charge in [-0.3, -0.25) is 4.90 Å². The molecule has 5 heteroatoms.